The van der Waals surface area contributed by atoms with Gasteiger partial charge < -0.3 is 23.4 Å². The number of cyclic esters (lactones) is 1. The second kappa shape index (κ2) is 8.92. The highest BCUT2D eigenvalue weighted by Gasteiger charge is 2.67. The number of benzene rings is 2. The van der Waals surface area contributed by atoms with Crippen molar-refractivity contribution < 1.29 is 28.2 Å². The highest BCUT2D eigenvalue weighted by atomic mass is 28.4. The van der Waals surface area contributed by atoms with Gasteiger partial charge >= 0.3 is 5.97 Å². The molecule has 0 N–H and O–H groups in total. The van der Waals surface area contributed by atoms with Crippen molar-refractivity contribution >= 4 is 24.7 Å². The SMILES string of the molecule is C=C[C@]12CC(=O)O[C@@H](CO[Si](c3ccccc3)(c3ccccc3)C(C)(C)C)[C@H]1O[C@@H]1OC(C)(C)O[C@@H]12. The molecule has 5 rings (SSSR count). The molecule has 0 bridgehead atoms. The first-order valence-corrected chi connectivity index (χ1v) is 14.5. The quantitative estimate of drug-likeness (QED) is 0.335. The number of hydrogen-bond donors (Lipinski definition) is 0. The minimum Gasteiger partial charge on any atom is -0.457 e. The maximum absolute atomic E-state index is 12.9. The van der Waals surface area contributed by atoms with E-state index in [1.165, 1.54) is 10.4 Å². The van der Waals surface area contributed by atoms with Crippen LogP contribution >= 0.6 is 0 Å². The van der Waals surface area contributed by atoms with Gasteiger partial charge in [-0.3, -0.25) is 4.79 Å². The summed E-state index contributed by atoms with van der Waals surface area (Å²) in [6.07, 6.45) is -0.184. The maximum atomic E-state index is 12.9. The van der Waals surface area contributed by atoms with Crippen LogP contribution in [0.15, 0.2) is 73.3 Å². The van der Waals surface area contributed by atoms with Gasteiger partial charge in [-0.25, -0.2) is 0 Å². The number of fused-ring (bicyclic) bond motifs is 3. The third kappa shape index (κ3) is 3.98. The lowest BCUT2D eigenvalue weighted by Gasteiger charge is -2.46. The molecule has 0 radical (unpaired) electrons. The van der Waals surface area contributed by atoms with Crippen molar-refractivity contribution in [2.24, 2.45) is 5.41 Å². The van der Waals surface area contributed by atoms with Gasteiger partial charge in [0.05, 0.1) is 18.4 Å². The number of carbonyl (C=O) groups excluding carboxylic acids is 1. The first kappa shape index (κ1) is 25.4. The third-order valence-electron chi connectivity index (χ3n) is 7.73. The molecule has 6 nitrogen and oxygen atoms in total. The molecule has 0 spiro atoms. The molecule has 0 unspecified atom stereocenters. The summed E-state index contributed by atoms with van der Waals surface area (Å²) >= 11 is 0. The highest BCUT2D eigenvalue weighted by molar-refractivity contribution is 6.99. The van der Waals surface area contributed by atoms with Crippen LogP contribution in [-0.4, -0.2) is 51.3 Å². The highest BCUT2D eigenvalue weighted by Crippen LogP contribution is 2.54. The Labute approximate surface area is 214 Å². The number of rotatable bonds is 6. The first-order valence-electron chi connectivity index (χ1n) is 12.6. The Hall–Kier alpha value is -2.29. The molecule has 0 saturated carbocycles. The second-order valence-corrected chi connectivity index (χ2v) is 15.8. The lowest BCUT2D eigenvalue weighted by Crippen LogP contribution is -2.67. The van der Waals surface area contributed by atoms with Crippen LogP contribution in [0.4, 0.5) is 0 Å². The average Bonchev–Trinajstić information content (AvgIpc) is 3.30. The molecule has 2 aromatic rings. The largest absolute Gasteiger partial charge is 0.457 e. The Morgan fingerprint density at radius 2 is 1.58 bits per heavy atom. The molecule has 3 aliphatic rings. The Morgan fingerprint density at radius 3 is 2.11 bits per heavy atom. The van der Waals surface area contributed by atoms with Gasteiger partial charge in [0.15, 0.2) is 18.2 Å². The van der Waals surface area contributed by atoms with E-state index in [0.717, 1.165) is 0 Å². The zero-order valence-corrected chi connectivity index (χ0v) is 22.7. The van der Waals surface area contributed by atoms with Crippen LogP contribution in [0.2, 0.25) is 5.04 Å². The van der Waals surface area contributed by atoms with Crippen molar-refractivity contribution in [3.05, 3.63) is 73.3 Å². The zero-order chi connectivity index (χ0) is 25.8. The maximum Gasteiger partial charge on any atom is 0.307 e. The predicted molar refractivity (Wildman–Crippen MR) is 139 cm³/mol. The second-order valence-electron chi connectivity index (χ2n) is 11.5. The standard InChI is InChI=1S/C29H36O6Si/c1-7-29-18-23(30)32-22(24(29)33-26-25(29)34-28(5,6)35-26)19-31-36(27(2,3)4,20-14-10-8-11-15-20)21-16-12-9-13-17-21/h7-17,22,24-26H,1,18-19H2,2-6H3/t22-,24+,25-,26+,29-/m0/s1. The molecule has 5 atom stereocenters. The van der Waals surface area contributed by atoms with E-state index in [4.69, 9.17) is 23.4 Å². The number of ether oxygens (including phenoxy) is 4. The first-order chi connectivity index (χ1) is 17.0. The van der Waals surface area contributed by atoms with E-state index in [9.17, 15) is 4.79 Å². The molecule has 3 heterocycles. The van der Waals surface area contributed by atoms with Crippen LogP contribution in [0.25, 0.3) is 0 Å². The fourth-order valence-electron chi connectivity index (χ4n) is 6.18. The van der Waals surface area contributed by atoms with Gasteiger partial charge in [-0.1, -0.05) is 87.5 Å². The third-order valence-corrected chi connectivity index (χ3v) is 12.7. The molecule has 3 fully saturated rings. The fraction of sp³-hybridized carbons (Fsp3) is 0.483. The molecular formula is C29H36O6Si. The number of carbonyl (C=O) groups is 1. The van der Waals surface area contributed by atoms with Crippen molar-refractivity contribution in [3.63, 3.8) is 0 Å². The molecule has 0 aliphatic carbocycles. The fourth-order valence-corrected chi connectivity index (χ4v) is 10.7. The Bertz CT molecular complexity index is 1070. The molecule has 192 valence electrons. The van der Waals surface area contributed by atoms with Gasteiger partial charge in [-0.2, -0.15) is 0 Å². The summed E-state index contributed by atoms with van der Waals surface area (Å²) in [6.45, 7) is 14.7. The normalized spacial score (nSPS) is 31.4. The molecule has 2 aromatic carbocycles. The van der Waals surface area contributed by atoms with E-state index in [2.05, 4.69) is 75.9 Å². The number of esters is 1. The van der Waals surface area contributed by atoms with Crippen molar-refractivity contribution in [2.45, 2.75) is 76.5 Å². The molecule has 36 heavy (non-hydrogen) atoms. The topological polar surface area (TPSA) is 63.2 Å². The van der Waals surface area contributed by atoms with Crippen LogP contribution in [0.3, 0.4) is 0 Å². The lowest BCUT2D eigenvalue weighted by molar-refractivity contribution is -0.241. The lowest BCUT2D eigenvalue weighted by atomic mass is 9.72. The van der Waals surface area contributed by atoms with E-state index in [1.807, 2.05) is 26.0 Å². The summed E-state index contributed by atoms with van der Waals surface area (Å²) < 4.78 is 31.6. The molecule has 7 heteroatoms. The summed E-state index contributed by atoms with van der Waals surface area (Å²) in [5.74, 6) is -1.10. The van der Waals surface area contributed by atoms with Crippen LogP contribution in [0, 0.1) is 5.41 Å². The zero-order valence-electron chi connectivity index (χ0n) is 21.7. The van der Waals surface area contributed by atoms with Gasteiger partial charge in [0, 0.05) is 0 Å². The van der Waals surface area contributed by atoms with E-state index < -0.39 is 44.1 Å². The van der Waals surface area contributed by atoms with Crippen molar-refractivity contribution in [3.8, 4) is 0 Å². The van der Waals surface area contributed by atoms with Gasteiger partial charge in [0.25, 0.3) is 8.32 Å². The van der Waals surface area contributed by atoms with Crippen molar-refractivity contribution in [1.29, 1.82) is 0 Å². The Kier molecular flexibility index (Phi) is 6.29. The monoisotopic (exact) mass is 508 g/mol. The van der Waals surface area contributed by atoms with Crippen LogP contribution in [0.5, 0.6) is 0 Å². The minimum absolute atomic E-state index is 0.136. The molecule has 3 aliphatic heterocycles. The van der Waals surface area contributed by atoms with Crippen LogP contribution < -0.4 is 10.4 Å². The van der Waals surface area contributed by atoms with Gasteiger partial charge in [-0.05, 0) is 29.3 Å². The molecule has 3 saturated heterocycles. The predicted octanol–water partition coefficient (Wildman–Crippen LogP) is 3.93. The Morgan fingerprint density at radius 1 is 1.00 bits per heavy atom. The summed E-state index contributed by atoms with van der Waals surface area (Å²) in [5, 5.41) is 2.13. The smallest absolute Gasteiger partial charge is 0.307 e. The summed E-state index contributed by atoms with van der Waals surface area (Å²) in [4.78, 5) is 12.9. The molecule has 0 aromatic heterocycles. The Balaban J connectivity index is 1.52. The van der Waals surface area contributed by atoms with Crippen LogP contribution in [-0.2, 0) is 28.2 Å². The van der Waals surface area contributed by atoms with Gasteiger partial charge in [-0.15, -0.1) is 6.58 Å². The van der Waals surface area contributed by atoms with Crippen molar-refractivity contribution in [1.82, 2.24) is 0 Å². The van der Waals surface area contributed by atoms with Gasteiger partial charge in [0.2, 0.25) is 0 Å². The van der Waals surface area contributed by atoms with E-state index >= 15 is 0 Å². The van der Waals surface area contributed by atoms with E-state index in [1.54, 1.807) is 6.08 Å². The van der Waals surface area contributed by atoms with E-state index in [-0.39, 0.29) is 24.0 Å². The molecule has 0 amide bonds. The van der Waals surface area contributed by atoms with Gasteiger partial charge in [0.1, 0.15) is 12.2 Å². The average molecular weight is 509 g/mol. The van der Waals surface area contributed by atoms with Crippen molar-refractivity contribution in [2.75, 3.05) is 6.61 Å². The number of hydrogen-bond acceptors (Lipinski definition) is 6. The summed E-state index contributed by atoms with van der Waals surface area (Å²) in [7, 11) is -2.82. The summed E-state index contributed by atoms with van der Waals surface area (Å²) in [6, 6.07) is 20.8. The summed E-state index contributed by atoms with van der Waals surface area (Å²) in [5.41, 5.74) is -0.743. The molecular weight excluding hydrogens is 472 g/mol. The minimum atomic E-state index is -2.82. The van der Waals surface area contributed by atoms with Crippen LogP contribution in [0.1, 0.15) is 41.0 Å². The van der Waals surface area contributed by atoms with E-state index in [0.29, 0.717) is 0 Å².